The van der Waals surface area contributed by atoms with Crippen LogP contribution >= 0.6 is 0 Å². The van der Waals surface area contributed by atoms with Crippen molar-refractivity contribution in [3.05, 3.63) is 54.3 Å². The van der Waals surface area contributed by atoms with Gasteiger partial charge in [0.15, 0.2) is 0 Å². The molecule has 3 aromatic rings. The van der Waals surface area contributed by atoms with Gasteiger partial charge in [0.2, 0.25) is 11.7 Å². The lowest BCUT2D eigenvalue weighted by atomic mass is 10.2. The van der Waals surface area contributed by atoms with Crippen LogP contribution in [0.2, 0.25) is 0 Å². The number of anilines is 1. The van der Waals surface area contributed by atoms with Crippen LogP contribution < -0.4 is 5.32 Å². The molecule has 1 aliphatic heterocycles. The number of rotatable bonds is 8. The van der Waals surface area contributed by atoms with Crippen LogP contribution in [0.25, 0.3) is 11.4 Å². The predicted molar refractivity (Wildman–Crippen MR) is 105 cm³/mol. The summed E-state index contributed by atoms with van der Waals surface area (Å²) in [5, 5.41) is 7.42. The Morgan fingerprint density at radius 1 is 1.25 bits per heavy atom. The van der Waals surface area contributed by atoms with E-state index in [0.29, 0.717) is 24.9 Å². The maximum Gasteiger partial charge on any atom is 0.244 e. The van der Waals surface area contributed by atoms with Crippen molar-refractivity contribution in [3.8, 4) is 11.4 Å². The largest absolute Gasteiger partial charge is 0.383 e. The Kier molecular flexibility index (Phi) is 5.89. The van der Waals surface area contributed by atoms with Crippen molar-refractivity contribution in [2.45, 2.75) is 25.4 Å². The van der Waals surface area contributed by atoms with Crippen LogP contribution in [0, 0.1) is 0 Å². The summed E-state index contributed by atoms with van der Waals surface area (Å²) < 4.78 is 10.7. The van der Waals surface area contributed by atoms with Gasteiger partial charge in [-0.3, -0.25) is 9.88 Å². The molecule has 4 heterocycles. The van der Waals surface area contributed by atoms with Crippen LogP contribution in [0.1, 0.15) is 30.3 Å². The van der Waals surface area contributed by atoms with Crippen LogP contribution in [0.4, 0.5) is 5.82 Å². The van der Waals surface area contributed by atoms with E-state index in [1.165, 1.54) is 5.56 Å². The van der Waals surface area contributed by atoms with Gasteiger partial charge in [-0.2, -0.15) is 4.98 Å². The van der Waals surface area contributed by atoms with Crippen molar-refractivity contribution >= 4 is 5.82 Å². The van der Waals surface area contributed by atoms with Gasteiger partial charge in [-0.05, 0) is 49.2 Å². The number of methoxy groups -OCH3 is 1. The van der Waals surface area contributed by atoms with E-state index in [1.807, 2.05) is 36.7 Å². The molecule has 0 radical (unpaired) electrons. The van der Waals surface area contributed by atoms with Gasteiger partial charge in [-0.1, -0.05) is 5.16 Å². The summed E-state index contributed by atoms with van der Waals surface area (Å²) in [6.45, 7) is 3.19. The fourth-order valence-corrected chi connectivity index (χ4v) is 3.45. The first-order valence-electron chi connectivity index (χ1n) is 9.49. The zero-order valence-electron chi connectivity index (χ0n) is 15.9. The number of ether oxygens (including phenoxy) is 1. The Labute approximate surface area is 164 Å². The first kappa shape index (κ1) is 18.5. The maximum atomic E-state index is 5.63. The molecule has 28 heavy (non-hydrogen) atoms. The third-order valence-electron chi connectivity index (χ3n) is 4.86. The first-order chi connectivity index (χ1) is 13.8. The van der Waals surface area contributed by atoms with Gasteiger partial charge in [-0.15, -0.1) is 0 Å². The highest BCUT2D eigenvalue weighted by molar-refractivity contribution is 5.58. The zero-order valence-corrected chi connectivity index (χ0v) is 15.9. The molecular weight excluding hydrogens is 356 g/mol. The van der Waals surface area contributed by atoms with Crippen LogP contribution in [-0.2, 0) is 11.3 Å². The molecule has 1 fully saturated rings. The highest BCUT2D eigenvalue weighted by Crippen LogP contribution is 2.33. The van der Waals surface area contributed by atoms with E-state index in [-0.39, 0.29) is 6.04 Å². The lowest BCUT2D eigenvalue weighted by Gasteiger charge is -2.21. The van der Waals surface area contributed by atoms with Crippen molar-refractivity contribution in [1.29, 1.82) is 0 Å². The minimum absolute atomic E-state index is 0.149. The Balaban J connectivity index is 1.47. The summed E-state index contributed by atoms with van der Waals surface area (Å²) >= 11 is 0. The zero-order chi connectivity index (χ0) is 19.2. The maximum absolute atomic E-state index is 5.63. The summed E-state index contributed by atoms with van der Waals surface area (Å²) in [5.74, 6) is 2.02. The predicted octanol–water partition coefficient (Wildman–Crippen LogP) is 2.92. The molecular formula is C20H24N6O2. The number of hydrogen-bond donors (Lipinski definition) is 1. The summed E-state index contributed by atoms with van der Waals surface area (Å²) in [6.07, 6.45) is 7.54. The van der Waals surface area contributed by atoms with Gasteiger partial charge in [0, 0.05) is 44.4 Å². The average molecular weight is 380 g/mol. The molecule has 8 heteroatoms. The fourth-order valence-electron chi connectivity index (χ4n) is 3.45. The summed E-state index contributed by atoms with van der Waals surface area (Å²) in [6, 6.07) is 8.05. The molecule has 3 aromatic heterocycles. The van der Waals surface area contributed by atoms with E-state index in [2.05, 4.69) is 30.3 Å². The second-order valence-electron chi connectivity index (χ2n) is 6.79. The van der Waals surface area contributed by atoms with E-state index >= 15 is 0 Å². The topological polar surface area (TPSA) is 89.2 Å². The Morgan fingerprint density at radius 3 is 3.00 bits per heavy atom. The highest BCUT2D eigenvalue weighted by Gasteiger charge is 2.30. The summed E-state index contributed by atoms with van der Waals surface area (Å²) in [7, 11) is 1.67. The molecule has 1 N–H and O–H groups in total. The number of hydrogen-bond acceptors (Lipinski definition) is 8. The van der Waals surface area contributed by atoms with Crippen LogP contribution in [0.15, 0.2) is 47.4 Å². The van der Waals surface area contributed by atoms with E-state index in [9.17, 15) is 0 Å². The van der Waals surface area contributed by atoms with Gasteiger partial charge in [-0.25, -0.2) is 4.98 Å². The smallest absolute Gasteiger partial charge is 0.244 e. The molecule has 0 spiro atoms. The molecule has 0 aliphatic carbocycles. The Bertz CT molecular complexity index is 885. The Morgan fingerprint density at radius 2 is 2.14 bits per heavy atom. The van der Waals surface area contributed by atoms with E-state index in [0.717, 1.165) is 37.3 Å². The standard InChI is InChI=1S/C20H24N6O2/c1-27-12-10-23-18-13-16(6-9-22-18)19-24-20(28-25-19)17-3-2-11-26(17)14-15-4-7-21-8-5-15/h4-9,13,17H,2-3,10-12,14H2,1H3,(H,22,23). The van der Waals surface area contributed by atoms with E-state index < -0.39 is 0 Å². The number of pyridine rings is 2. The number of aromatic nitrogens is 4. The molecule has 0 aromatic carbocycles. The molecule has 0 amide bonds. The van der Waals surface area contributed by atoms with Crippen molar-refractivity contribution in [2.24, 2.45) is 0 Å². The van der Waals surface area contributed by atoms with Gasteiger partial charge in [0.25, 0.3) is 0 Å². The molecule has 1 saturated heterocycles. The third kappa shape index (κ3) is 4.35. The van der Waals surface area contributed by atoms with Crippen LogP contribution in [0.3, 0.4) is 0 Å². The first-order valence-corrected chi connectivity index (χ1v) is 9.49. The molecule has 0 saturated carbocycles. The second-order valence-corrected chi connectivity index (χ2v) is 6.79. The van der Waals surface area contributed by atoms with Gasteiger partial charge in [0.05, 0.1) is 12.6 Å². The minimum Gasteiger partial charge on any atom is -0.383 e. The highest BCUT2D eigenvalue weighted by atomic mass is 16.5. The Hall–Kier alpha value is -2.84. The van der Waals surface area contributed by atoms with Gasteiger partial charge >= 0.3 is 0 Å². The molecule has 1 aliphatic rings. The summed E-state index contributed by atoms with van der Waals surface area (Å²) in [5.41, 5.74) is 2.12. The average Bonchev–Trinajstić information content (AvgIpc) is 3.39. The lowest BCUT2D eigenvalue weighted by molar-refractivity contribution is 0.201. The SMILES string of the molecule is COCCNc1cc(-c2noc(C3CCCN3Cc3ccncc3)n2)ccn1. The molecule has 146 valence electrons. The molecule has 0 bridgehead atoms. The van der Waals surface area contributed by atoms with Crippen molar-refractivity contribution in [3.63, 3.8) is 0 Å². The van der Waals surface area contributed by atoms with Gasteiger partial charge in [0.1, 0.15) is 5.82 Å². The summed E-state index contributed by atoms with van der Waals surface area (Å²) in [4.78, 5) is 15.5. The molecule has 1 atom stereocenters. The molecule has 1 unspecified atom stereocenters. The van der Waals surface area contributed by atoms with Crippen molar-refractivity contribution < 1.29 is 9.26 Å². The quantitative estimate of drug-likeness (QED) is 0.597. The number of likely N-dealkylation sites (tertiary alicyclic amines) is 1. The van der Waals surface area contributed by atoms with Gasteiger partial charge < -0.3 is 14.6 Å². The molecule has 4 rings (SSSR count). The normalized spacial score (nSPS) is 17.1. The third-order valence-corrected chi connectivity index (χ3v) is 4.86. The van der Waals surface area contributed by atoms with E-state index in [1.54, 1.807) is 13.3 Å². The van der Waals surface area contributed by atoms with Crippen LogP contribution in [0.5, 0.6) is 0 Å². The second kappa shape index (κ2) is 8.90. The van der Waals surface area contributed by atoms with Crippen molar-refractivity contribution in [1.82, 2.24) is 25.0 Å². The molecule has 8 nitrogen and oxygen atoms in total. The minimum atomic E-state index is 0.149. The van der Waals surface area contributed by atoms with Crippen LogP contribution in [-0.4, -0.2) is 51.8 Å². The number of nitrogens with one attached hydrogen (secondary N) is 1. The fraction of sp³-hybridized carbons (Fsp3) is 0.400. The van der Waals surface area contributed by atoms with Crippen molar-refractivity contribution in [2.75, 3.05) is 32.1 Å². The van der Waals surface area contributed by atoms with E-state index in [4.69, 9.17) is 9.26 Å². The lowest BCUT2D eigenvalue weighted by Crippen LogP contribution is -2.23. The monoisotopic (exact) mass is 380 g/mol. The number of nitrogens with zero attached hydrogens (tertiary/aromatic N) is 5.